The Morgan fingerprint density at radius 2 is 1.39 bits per heavy atom. The van der Waals surface area contributed by atoms with Gasteiger partial charge in [0.25, 0.3) is 5.91 Å². The molecule has 0 saturated heterocycles. The number of ether oxygens (including phenoxy) is 2. The van der Waals surface area contributed by atoms with E-state index in [1.165, 1.54) is 0 Å². The minimum absolute atomic E-state index is 0.0897. The van der Waals surface area contributed by atoms with E-state index >= 15 is 0 Å². The van der Waals surface area contributed by atoms with Crippen LogP contribution in [0.25, 0.3) is 0 Å². The zero-order chi connectivity index (χ0) is 26.2. The van der Waals surface area contributed by atoms with E-state index in [0.29, 0.717) is 31.0 Å². The van der Waals surface area contributed by atoms with Gasteiger partial charge in [-0.2, -0.15) is 0 Å². The van der Waals surface area contributed by atoms with Crippen molar-refractivity contribution in [2.75, 3.05) is 32.1 Å². The molecule has 0 aliphatic heterocycles. The molecule has 0 aromatic heterocycles. The van der Waals surface area contributed by atoms with Crippen LogP contribution < -0.4 is 25.4 Å². The normalized spacial score (nSPS) is 10.0. The van der Waals surface area contributed by atoms with E-state index in [0.717, 1.165) is 22.9 Å². The standard InChI is InChI=1S/C25H27N3O4.C4H10/c1-31-22-13-9-21(10-14-22)26-15-16-27-24(29)17-28-25(30)20-7-11-23(12-8-20)32-18-19-5-3-2-4-6-19;1-4(2)3/h2-14,26H,15-18H2,1H3,(H,27,29)(H,28,30);4H,1-3H3. The highest BCUT2D eigenvalue weighted by atomic mass is 16.5. The van der Waals surface area contributed by atoms with E-state index in [1.807, 2.05) is 54.6 Å². The molecule has 0 unspecified atom stereocenters. The number of hydrogen-bond acceptors (Lipinski definition) is 5. The Bertz CT molecular complexity index is 1030. The fourth-order valence-electron chi connectivity index (χ4n) is 2.89. The van der Waals surface area contributed by atoms with Crippen LogP contribution in [0.5, 0.6) is 11.5 Å². The molecule has 0 aliphatic carbocycles. The molecule has 7 nitrogen and oxygen atoms in total. The van der Waals surface area contributed by atoms with Gasteiger partial charge in [0.15, 0.2) is 0 Å². The molecule has 3 aromatic carbocycles. The maximum Gasteiger partial charge on any atom is 0.251 e. The van der Waals surface area contributed by atoms with Gasteiger partial charge in [-0.05, 0) is 60.0 Å². The predicted molar refractivity (Wildman–Crippen MR) is 145 cm³/mol. The van der Waals surface area contributed by atoms with Gasteiger partial charge in [0.1, 0.15) is 18.1 Å². The van der Waals surface area contributed by atoms with Crippen molar-refractivity contribution in [1.29, 1.82) is 0 Å². The van der Waals surface area contributed by atoms with Crippen molar-refractivity contribution in [1.82, 2.24) is 10.6 Å². The topological polar surface area (TPSA) is 88.7 Å². The summed E-state index contributed by atoms with van der Waals surface area (Å²) in [6.45, 7) is 7.87. The molecular weight excluding hydrogens is 454 g/mol. The minimum atomic E-state index is -0.314. The highest BCUT2D eigenvalue weighted by Crippen LogP contribution is 2.15. The summed E-state index contributed by atoms with van der Waals surface area (Å²) >= 11 is 0. The van der Waals surface area contributed by atoms with Crippen LogP contribution in [0, 0.1) is 5.92 Å². The Morgan fingerprint density at radius 1 is 0.778 bits per heavy atom. The molecule has 0 atom stereocenters. The summed E-state index contributed by atoms with van der Waals surface area (Å²) in [6, 6.07) is 24.2. The predicted octanol–water partition coefficient (Wildman–Crippen LogP) is 4.89. The van der Waals surface area contributed by atoms with E-state index in [4.69, 9.17) is 9.47 Å². The smallest absolute Gasteiger partial charge is 0.251 e. The van der Waals surface area contributed by atoms with E-state index in [9.17, 15) is 9.59 Å². The largest absolute Gasteiger partial charge is 0.497 e. The molecule has 0 radical (unpaired) electrons. The number of carbonyl (C=O) groups is 2. The third-order valence-corrected chi connectivity index (χ3v) is 4.64. The van der Waals surface area contributed by atoms with Crippen molar-refractivity contribution in [3.8, 4) is 11.5 Å². The summed E-state index contributed by atoms with van der Waals surface area (Å²) in [5.74, 6) is 1.73. The lowest BCUT2D eigenvalue weighted by Gasteiger charge is -2.10. The SMILES string of the molecule is CC(C)C.COc1ccc(NCCNC(=O)CNC(=O)c2ccc(OCc3ccccc3)cc2)cc1. The number of amides is 2. The van der Waals surface area contributed by atoms with Gasteiger partial charge in [-0.25, -0.2) is 0 Å². The molecule has 3 aromatic rings. The molecule has 0 spiro atoms. The fraction of sp³-hybridized carbons (Fsp3) is 0.310. The first-order valence-corrected chi connectivity index (χ1v) is 12.1. The lowest BCUT2D eigenvalue weighted by Crippen LogP contribution is -2.38. The quantitative estimate of drug-likeness (QED) is 0.332. The van der Waals surface area contributed by atoms with Crippen molar-refractivity contribution < 1.29 is 19.1 Å². The lowest BCUT2D eigenvalue weighted by atomic mass is 10.2. The molecule has 192 valence electrons. The monoisotopic (exact) mass is 491 g/mol. The Labute approximate surface area is 214 Å². The molecule has 7 heteroatoms. The third kappa shape index (κ3) is 11.4. The molecule has 0 aliphatic rings. The van der Waals surface area contributed by atoms with Crippen LogP contribution >= 0.6 is 0 Å². The van der Waals surface area contributed by atoms with Crippen LogP contribution in [0.3, 0.4) is 0 Å². The van der Waals surface area contributed by atoms with Gasteiger partial charge in [-0.15, -0.1) is 0 Å². The summed E-state index contributed by atoms with van der Waals surface area (Å²) in [7, 11) is 1.62. The number of methoxy groups -OCH3 is 1. The van der Waals surface area contributed by atoms with E-state index < -0.39 is 0 Å². The lowest BCUT2D eigenvalue weighted by molar-refractivity contribution is -0.120. The average molecular weight is 492 g/mol. The fourth-order valence-corrected chi connectivity index (χ4v) is 2.89. The molecule has 3 rings (SSSR count). The van der Waals surface area contributed by atoms with Gasteiger partial charge in [0.2, 0.25) is 5.91 Å². The molecule has 2 amide bonds. The number of benzene rings is 3. The van der Waals surface area contributed by atoms with Crippen LogP contribution in [-0.4, -0.2) is 38.6 Å². The van der Waals surface area contributed by atoms with Crippen LogP contribution in [0.1, 0.15) is 36.7 Å². The second-order valence-electron chi connectivity index (χ2n) is 8.72. The van der Waals surface area contributed by atoms with Crippen molar-refractivity contribution in [3.63, 3.8) is 0 Å². The van der Waals surface area contributed by atoms with Crippen molar-refractivity contribution in [2.24, 2.45) is 5.92 Å². The Morgan fingerprint density at radius 3 is 2.00 bits per heavy atom. The molecular formula is C29H37N3O4. The van der Waals surface area contributed by atoms with E-state index in [2.05, 4.69) is 36.7 Å². The number of hydrogen-bond donors (Lipinski definition) is 3. The van der Waals surface area contributed by atoms with Crippen LogP contribution in [0.4, 0.5) is 5.69 Å². The number of anilines is 1. The maximum absolute atomic E-state index is 12.3. The van der Waals surface area contributed by atoms with Crippen molar-refractivity contribution >= 4 is 17.5 Å². The molecule has 0 fully saturated rings. The van der Waals surface area contributed by atoms with Crippen LogP contribution in [0.2, 0.25) is 0 Å². The molecule has 36 heavy (non-hydrogen) atoms. The second kappa shape index (κ2) is 15.8. The molecule has 0 saturated carbocycles. The molecule has 0 bridgehead atoms. The number of nitrogens with one attached hydrogen (secondary N) is 3. The van der Waals surface area contributed by atoms with E-state index in [1.54, 1.807) is 31.4 Å². The first-order valence-electron chi connectivity index (χ1n) is 12.1. The summed E-state index contributed by atoms with van der Waals surface area (Å²) in [5.41, 5.74) is 2.47. The zero-order valence-corrected chi connectivity index (χ0v) is 21.5. The van der Waals surface area contributed by atoms with Crippen LogP contribution in [0.15, 0.2) is 78.9 Å². The Hall–Kier alpha value is -4.00. The third-order valence-electron chi connectivity index (χ3n) is 4.64. The minimum Gasteiger partial charge on any atom is -0.497 e. The average Bonchev–Trinajstić information content (AvgIpc) is 2.89. The van der Waals surface area contributed by atoms with Crippen molar-refractivity contribution in [3.05, 3.63) is 90.0 Å². The Balaban J connectivity index is 0.00000106. The first kappa shape index (κ1) is 28.2. The van der Waals surface area contributed by atoms with Crippen molar-refractivity contribution in [2.45, 2.75) is 27.4 Å². The van der Waals surface area contributed by atoms with Gasteiger partial charge in [-0.1, -0.05) is 51.1 Å². The van der Waals surface area contributed by atoms with Gasteiger partial charge >= 0.3 is 0 Å². The summed E-state index contributed by atoms with van der Waals surface area (Å²) in [5, 5.41) is 8.58. The Kier molecular flexibility index (Phi) is 12.4. The first-order chi connectivity index (χ1) is 17.4. The van der Waals surface area contributed by atoms with E-state index in [-0.39, 0.29) is 18.4 Å². The molecule has 3 N–H and O–H groups in total. The highest BCUT2D eigenvalue weighted by Gasteiger charge is 2.08. The molecule has 0 heterocycles. The van der Waals surface area contributed by atoms with Gasteiger partial charge < -0.3 is 25.4 Å². The van der Waals surface area contributed by atoms with Crippen LogP contribution in [-0.2, 0) is 11.4 Å². The number of rotatable bonds is 11. The highest BCUT2D eigenvalue weighted by molar-refractivity contribution is 5.96. The van der Waals surface area contributed by atoms with Gasteiger partial charge in [0, 0.05) is 24.3 Å². The maximum atomic E-state index is 12.3. The summed E-state index contributed by atoms with van der Waals surface area (Å²) < 4.78 is 10.8. The number of carbonyl (C=O) groups excluding carboxylic acids is 2. The summed E-state index contributed by atoms with van der Waals surface area (Å²) in [4.78, 5) is 24.2. The zero-order valence-electron chi connectivity index (χ0n) is 21.5. The second-order valence-corrected chi connectivity index (χ2v) is 8.72. The summed E-state index contributed by atoms with van der Waals surface area (Å²) in [6.07, 6.45) is 0. The van der Waals surface area contributed by atoms with Gasteiger partial charge in [0.05, 0.1) is 13.7 Å². The van der Waals surface area contributed by atoms with Gasteiger partial charge in [-0.3, -0.25) is 9.59 Å².